The van der Waals surface area contributed by atoms with Crippen molar-refractivity contribution in [3.05, 3.63) is 58.7 Å². The van der Waals surface area contributed by atoms with Crippen LogP contribution in [0.1, 0.15) is 42.0 Å². The quantitative estimate of drug-likeness (QED) is 0.718. The first-order valence-corrected chi connectivity index (χ1v) is 12.3. The Bertz CT molecular complexity index is 1060. The van der Waals surface area contributed by atoms with Crippen molar-refractivity contribution >= 4 is 21.6 Å². The van der Waals surface area contributed by atoms with Crippen LogP contribution in [0.25, 0.3) is 0 Å². The van der Waals surface area contributed by atoms with E-state index in [1.54, 1.807) is 12.1 Å². The first-order chi connectivity index (χ1) is 14.6. The first kappa shape index (κ1) is 23.4. The monoisotopic (exact) mass is 444 g/mol. The standard InChI is InChI=1S/C24H33N3O3S/c1-17(2)22-8-6-7-19(4)24(22)25-23(28)16-26-11-13-27(14-12-26)31(29,30)21-10-9-18(3)20(5)15-21/h6-10,15,17H,11-14,16H2,1-5H3,(H,25,28)/p+1. The molecular formula is C24H34N3O3S+. The maximum absolute atomic E-state index is 13.0. The largest absolute Gasteiger partial charge is 0.325 e. The molecule has 2 N–H and O–H groups in total. The van der Waals surface area contributed by atoms with Crippen LogP contribution in [0.3, 0.4) is 0 Å². The van der Waals surface area contributed by atoms with Crippen molar-refractivity contribution in [3.63, 3.8) is 0 Å². The minimum Gasteiger partial charge on any atom is -0.325 e. The number of amides is 1. The fourth-order valence-electron chi connectivity index (χ4n) is 4.00. The lowest BCUT2D eigenvalue weighted by Gasteiger charge is -2.31. The zero-order valence-corrected chi connectivity index (χ0v) is 20.0. The Morgan fingerprint density at radius 2 is 1.71 bits per heavy atom. The van der Waals surface area contributed by atoms with Gasteiger partial charge in [-0.3, -0.25) is 4.79 Å². The molecule has 0 radical (unpaired) electrons. The molecule has 2 aromatic rings. The van der Waals surface area contributed by atoms with Crippen molar-refractivity contribution < 1.29 is 18.1 Å². The number of aryl methyl sites for hydroxylation is 3. The second-order valence-electron chi connectivity index (χ2n) is 8.82. The number of hydrogen-bond acceptors (Lipinski definition) is 3. The fourth-order valence-corrected chi connectivity index (χ4v) is 5.52. The summed E-state index contributed by atoms with van der Waals surface area (Å²) in [6.07, 6.45) is 0. The molecule has 2 aromatic carbocycles. The first-order valence-electron chi connectivity index (χ1n) is 10.9. The SMILES string of the molecule is Cc1ccc(S(=O)(=O)N2CC[NH+](CC(=O)Nc3c(C)cccc3C(C)C)CC2)cc1C. The molecule has 0 spiro atoms. The molecule has 31 heavy (non-hydrogen) atoms. The smallest absolute Gasteiger partial charge is 0.279 e. The van der Waals surface area contributed by atoms with Crippen molar-refractivity contribution in [1.29, 1.82) is 0 Å². The summed E-state index contributed by atoms with van der Waals surface area (Å²) in [6.45, 7) is 12.5. The molecule has 0 aliphatic carbocycles. The molecule has 6 nitrogen and oxygen atoms in total. The summed E-state index contributed by atoms with van der Waals surface area (Å²) < 4.78 is 27.5. The van der Waals surface area contributed by atoms with E-state index in [1.165, 1.54) is 4.31 Å². The van der Waals surface area contributed by atoms with Crippen LogP contribution in [0.5, 0.6) is 0 Å². The predicted octanol–water partition coefficient (Wildman–Crippen LogP) is 2.26. The Morgan fingerprint density at radius 1 is 1.03 bits per heavy atom. The van der Waals surface area contributed by atoms with Crippen LogP contribution >= 0.6 is 0 Å². The van der Waals surface area contributed by atoms with Crippen molar-refractivity contribution in [2.24, 2.45) is 0 Å². The molecule has 1 aliphatic rings. The molecule has 0 bridgehead atoms. The summed E-state index contributed by atoms with van der Waals surface area (Å²) in [6, 6.07) is 11.3. The number of carbonyl (C=O) groups is 1. The highest BCUT2D eigenvalue weighted by atomic mass is 32.2. The van der Waals surface area contributed by atoms with E-state index in [0.717, 1.165) is 32.8 Å². The minimum absolute atomic E-state index is 0.0309. The Morgan fingerprint density at radius 3 is 2.32 bits per heavy atom. The molecule has 0 atom stereocenters. The zero-order chi connectivity index (χ0) is 22.8. The van der Waals surface area contributed by atoms with E-state index in [9.17, 15) is 13.2 Å². The number of benzene rings is 2. The van der Waals surface area contributed by atoms with Crippen LogP contribution in [-0.2, 0) is 14.8 Å². The van der Waals surface area contributed by atoms with E-state index in [0.29, 0.717) is 43.5 Å². The van der Waals surface area contributed by atoms with Gasteiger partial charge >= 0.3 is 0 Å². The topological polar surface area (TPSA) is 70.9 Å². The summed E-state index contributed by atoms with van der Waals surface area (Å²) >= 11 is 0. The lowest BCUT2D eigenvalue weighted by atomic mass is 9.98. The lowest BCUT2D eigenvalue weighted by Crippen LogP contribution is -3.15. The molecular weight excluding hydrogens is 410 g/mol. The molecule has 1 aliphatic heterocycles. The molecule has 0 unspecified atom stereocenters. The summed E-state index contributed by atoms with van der Waals surface area (Å²) in [5.74, 6) is 0.290. The van der Waals surface area contributed by atoms with Gasteiger partial charge in [0.2, 0.25) is 10.0 Å². The van der Waals surface area contributed by atoms with Gasteiger partial charge in [0.15, 0.2) is 6.54 Å². The van der Waals surface area contributed by atoms with Crippen molar-refractivity contribution in [2.45, 2.75) is 45.4 Å². The minimum atomic E-state index is -3.50. The number of para-hydroxylation sites is 1. The molecule has 1 amide bonds. The molecule has 1 saturated heterocycles. The van der Waals surface area contributed by atoms with Crippen LogP contribution in [-0.4, -0.2) is 51.4 Å². The highest BCUT2D eigenvalue weighted by Gasteiger charge is 2.31. The average Bonchev–Trinajstić information content (AvgIpc) is 2.71. The Balaban J connectivity index is 1.60. The Kier molecular flexibility index (Phi) is 7.19. The van der Waals surface area contributed by atoms with Crippen molar-refractivity contribution in [1.82, 2.24) is 4.31 Å². The molecule has 3 rings (SSSR count). The Labute approximate surface area is 186 Å². The summed E-state index contributed by atoms with van der Waals surface area (Å²) in [7, 11) is -3.50. The Hall–Kier alpha value is -2.22. The number of anilines is 1. The van der Waals surface area contributed by atoms with E-state index in [1.807, 2.05) is 39.0 Å². The lowest BCUT2D eigenvalue weighted by molar-refractivity contribution is -0.895. The van der Waals surface area contributed by atoms with Gasteiger partial charge < -0.3 is 10.2 Å². The fraction of sp³-hybridized carbons (Fsp3) is 0.458. The molecule has 1 fully saturated rings. The van der Waals surface area contributed by atoms with Crippen LogP contribution in [0.2, 0.25) is 0 Å². The van der Waals surface area contributed by atoms with Crippen LogP contribution < -0.4 is 10.2 Å². The zero-order valence-electron chi connectivity index (χ0n) is 19.2. The molecule has 7 heteroatoms. The number of quaternary nitrogens is 1. The van der Waals surface area contributed by atoms with E-state index >= 15 is 0 Å². The number of rotatable bonds is 6. The van der Waals surface area contributed by atoms with Gasteiger partial charge in [-0.05, 0) is 61.1 Å². The number of hydrogen-bond donors (Lipinski definition) is 2. The number of carbonyl (C=O) groups excluding carboxylic acids is 1. The highest BCUT2D eigenvalue weighted by Crippen LogP contribution is 2.27. The maximum atomic E-state index is 13.0. The van der Waals surface area contributed by atoms with E-state index < -0.39 is 10.0 Å². The predicted molar refractivity (Wildman–Crippen MR) is 124 cm³/mol. The maximum Gasteiger partial charge on any atom is 0.279 e. The molecule has 0 aromatic heterocycles. The third-order valence-electron chi connectivity index (χ3n) is 6.15. The van der Waals surface area contributed by atoms with E-state index in [-0.39, 0.29) is 5.91 Å². The summed E-state index contributed by atoms with van der Waals surface area (Å²) in [5.41, 5.74) is 5.14. The van der Waals surface area contributed by atoms with Crippen molar-refractivity contribution in [2.75, 3.05) is 38.0 Å². The van der Waals surface area contributed by atoms with Gasteiger partial charge in [-0.1, -0.05) is 38.1 Å². The number of sulfonamides is 1. The highest BCUT2D eigenvalue weighted by molar-refractivity contribution is 7.89. The van der Waals surface area contributed by atoms with Gasteiger partial charge in [0.05, 0.1) is 31.1 Å². The second-order valence-corrected chi connectivity index (χ2v) is 10.8. The van der Waals surface area contributed by atoms with Gasteiger partial charge in [0, 0.05) is 5.69 Å². The molecule has 168 valence electrons. The molecule has 1 heterocycles. The summed E-state index contributed by atoms with van der Waals surface area (Å²) in [5, 5.41) is 3.09. The third-order valence-corrected chi connectivity index (χ3v) is 8.04. The van der Waals surface area contributed by atoms with Gasteiger partial charge in [0.1, 0.15) is 0 Å². The molecule has 0 saturated carbocycles. The number of nitrogens with one attached hydrogen (secondary N) is 2. The van der Waals surface area contributed by atoms with Crippen LogP contribution in [0, 0.1) is 20.8 Å². The number of piperazine rings is 1. The van der Waals surface area contributed by atoms with Crippen molar-refractivity contribution in [3.8, 4) is 0 Å². The van der Waals surface area contributed by atoms with Gasteiger partial charge in [0.25, 0.3) is 5.91 Å². The van der Waals surface area contributed by atoms with Crippen LogP contribution in [0.4, 0.5) is 5.69 Å². The van der Waals surface area contributed by atoms with E-state index in [4.69, 9.17) is 0 Å². The number of nitrogens with zero attached hydrogens (tertiary/aromatic N) is 1. The third kappa shape index (κ3) is 5.34. The van der Waals surface area contributed by atoms with Gasteiger partial charge in [-0.2, -0.15) is 4.31 Å². The van der Waals surface area contributed by atoms with Gasteiger partial charge in [-0.25, -0.2) is 8.42 Å². The summed E-state index contributed by atoms with van der Waals surface area (Å²) in [4.78, 5) is 14.2. The van der Waals surface area contributed by atoms with Crippen LogP contribution in [0.15, 0.2) is 41.3 Å². The average molecular weight is 445 g/mol. The van der Waals surface area contributed by atoms with E-state index in [2.05, 4.69) is 25.2 Å². The van der Waals surface area contributed by atoms with Gasteiger partial charge in [-0.15, -0.1) is 0 Å². The second kappa shape index (κ2) is 9.51. The normalized spacial score (nSPS) is 15.9.